The lowest BCUT2D eigenvalue weighted by Crippen LogP contribution is -2.30. The van der Waals surface area contributed by atoms with Crippen LogP contribution in [0.1, 0.15) is 335 Å². The Balaban J connectivity index is 4.26. The first-order valence-corrected chi connectivity index (χ1v) is 33.6. The summed E-state index contributed by atoms with van der Waals surface area (Å²) in [5.74, 6) is -0.875. The Labute approximate surface area is 484 Å². The van der Waals surface area contributed by atoms with Gasteiger partial charge in [-0.3, -0.25) is 14.4 Å². The molecule has 450 valence electrons. The van der Waals surface area contributed by atoms with Gasteiger partial charge in [0, 0.05) is 19.3 Å². The molecule has 6 nitrogen and oxygen atoms in total. The number of hydrogen-bond acceptors (Lipinski definition) is 6. The molecule has 0 aromatic heterocycles. The molecule has 0 aliphatic heterocycles. The normalized spacial score (nSPS) is 12.6. The molecule has 0 aromatic rings. The third kappa shape index (κ3) is 63.4. The fourth-order valence-corrected chi connectivity index (χ4v) is 9.62. The molecule has 1 atom stereocenters. The van der Waals surface area contributed by atoms with Gasteiger partial charge in [0.2, 0.25) is 0 Å². The van der Waals surface area contributed by atoms with Gasteiger partial charge >= 0.3 is 17.9 Å². The van der Waals surface area contributed by atoms with Gasteiger partial charge in [0.1, 0.15) is 13.2 Å². The van der Waals surface area contributed by atoms with E-state index in [0.717, 1.165) is 109 Å². The van der Waals surface area contributed by atoms with Crippen molar-refractivity contribution < 1.29 is 28.6 Å². The predicted molar refractivity (Wildman–Crippen MR) is 339 cm³/mol. The summed E-state index contributed by atoms with van der Waals surface area (Å²) in [5, 5.41) is 0. The van der Waals surface area contributed by atoms with E-state index in [4.69, 9.17) is 14.2 Å². The lowest BCUT2D eigenvalue weighted by atomic mass is 10.0. The predicted octanol–water partition coefficient (Wildman–Crippen LogP) is 23.1. The molecule has 0 radical (unpaired) electrons. The van der Waals surface area contributed by atoms with E-state index >= 15 is 0 Å². The number of carbonyl (C=O) groups excluding carboxylic acids is 3. The average Bonchev–Trinajstić information content (AvgIpc) is 3.44. The van der Waals surface area contributed by atoms with Crippen molar-refractivity contribution in [3.8, 4) is 0 Å². The molecule has 0 N–H and O–H groups in total. The van der Waals surface area contributed by atoms with Crippen LogP contribution in [-0.2, 0) is 28.6 Å². The maximum atomic E-state index is 12.9. The Morgan fingerprint density at radius 1 is 0.269 bits per heavy atom. The Hall–Kier alpha value is -3.41. The number of unbranched alkanes of at least 4 members (excludes halogenated alkanes) is 36. The van der Waals surface area contributed by atoms with Gasteiger partial charge in [0.25, 0.3) is 0 Å². The molecule has 0 saturated carbocycles. The largest absolute Gasteiger partial charge is 0.462 e. The summed E-state index contributed by atoms with van der Waals surface area (Å²) in [6.45, 7) is 6.53. The van der Waals surface area contributed by atoms with Crippen LogP contribution in [0.3, 0.4) is 0 Å². The summed E-state index contributed by atoms with van der Waals surface area (Å²) in [5.41, 5.74) is 0. The second-order valence-electron chi connectivity index (χ2n) is 22.4. The van der Waals surface area contributed by atoms with Crippen molar-refractivity contribution in [1.82, 2.24) is 0 Å². The second-order valence-corrected chi connectivity index (χ2v) is 22.4. The van der Waals surface area contributed by atoms with Crippen LogP contribution in [0, 0.1) is 0 Å². The van der Waals surface area contributed by atoms with Crippen molar-refractivity contribution in [3.05, 3.63) is 85.1 Å². The molecule has 1 unspecified atom stereocenters. The van der Waals surface area contributed by atoms with Crippen LogP contribution in [0.25, 0.3) is 0 Å². The first-order chi connectivity index (χ1) is 38.5. The van der Waals surface area contributed by atoms with Crippen molar-refractivity contribution in [2.75, 3.05) is 13.2 Å². The molecule has 0 aromatic carbocycles. The quantitative estimate of drug-likeness (QED) is 0.0261. The maximum Gasteiger partial charge on any atom is 0.306 e. The van der Waals surface area contributed by atoms with E-state index in [1.165, 1.54) is 186 Å². The molecule has 0 rings (SSSR count). The van der Waals surface area contributed by atoms with E-state index in [0.29, 0.717) is 19.3 Å². The third-order valence-electron chi connectivity index (χ3n) is 14.6. The summed E-state index contributed by atoms with van der Waals surface area (Å²) >= 11 is 0. The first kappa shape index (κ1) is 74.6. The molecule has 0 bridgehead atoms. The van der Waals surface area contributed by atoms with Crippen molar-refractivity contribution in [1.29, 1.82) is 0 Å². The SMILES string of the molecule is CC/C=C\C/C=C\C/C=C\C/C=C\C/C=C\CCCCCCCCCCCCCCCC(=O)OCC(COC(=O)CCCCCCC/C=C\C/C=C\CCCCC)OC(=O)CCCCCCCCCCCCCCCCCC. The molecule has 6 heteroatoms. The molecule has 0 heterocycles. The molecule has 0 saturated heterocycles. The van der Waals surface area contributed by atoms with Crippen LogP contribution >= 0.6 is 0 Å². The highest BCUT2D eigenvalue weighted by atomic mass is 16.6. The van der Waals surface area contributed by atoms with E-state index in [1.54, 1.807) is 0 Å². The molecule has 0 fully saturated rings. The highest BCUT2D eigenvalue weighted by Crippen LogP contribution is 2.17. The Kier molecular flexibility index (Phi) is 63.2. The standard InChI is InChI=1S/C72H126O6/c1-4-7-10-13-16-19-22-25-28-30-31-32-33-34-35-36-37-38-39-40-41-42-45-47-50-53-56-59-62-65-71(74)77-68-69(67-76-70(73)64-61-58-55-52-49-46-43-27-24-21-18-15-12-9-6-3)78-72(75)66-63-60-57-54-51-48-44-29-26-23-20-17-14-11-8-5-2/h7,10,16,18-19,21,25,27-28,31-32,34-35,43,69H,4-6,8-9,11-15,17,20,22-24,26,29-30,33,36-42,44-68H2,1-3H3/b10-7-,19-16-,21-18-,28-25-,32-31-,35-34-,43-27-. The van der Waals surface area contributed by atoms with Gasteiger partial charge in [0.05, 0.1) is 0 Å². The smallest absolute Gasteiger partial charge is 0.306 e. The zero-order valence-corrected chi connectivity index (χ0v) is 51.7. The van der Waals surface area contributed by atoms with Gasteiger partial charge in [-0.2, -0.15) is 0 Å². The Morgan fingerprint density at radius 2 is 0.500 bits per heavy atom. The Bertz CT molecular complexity index is 1480. The van der Waals surface area contributed by atoms with Gasteiger partial charge in [0.15, 0.2) is 6.10 Å². The minimum absolute atomic E-state index is 0.0778. The van der Waals surface area contributed by atoms with Gasteiger partial charge in [-0.15, -0.1) is 0 Å². The van der Waals surface area contributed by atoms with E-state index in [1.807, 2.05) is 0 Å². The molecule has 78 heavy (non-hydrogen) atoms. The van der Waals surface area contributed by atoms with E-state index in [-0.39, 0.29) is 31.1 Å². The van der Waals surface area contributed by atoms with Crippen LogP contribution in [0.4, 0.5) is 0 Å². The van der Waals surface area contributed by atoms with E-state index < -0.39 is 6.10 Å². The molecular weight excluding hydrogens is 961 g/mol. The fraction of sp³-hybridized carbons (Fsp3) is 0.764. The number of ether oxygens (including phenoxy) is 3. The van der Waals surface area contributed by atoms with Crippen molar-refractivity contribution in [3.63, 3.8) is 0 Å². The number of rotatable bonds is 61. The third-order valence-corrected chi connectivity index (χ3v) is 14.6. The van der Waals surface area contributed by atoms with Gasteiger partial charge in [-0.25, -0.2) is 0 Å². The van der Waals surface area contributed by atoms with Gasteiger partial charge in [-0.1, -0.05) is 305 Å². The van der Waals surface area contributed by atoms with Crippen LogP contribution < -0.4 is 0 Å². The van der Waals surface area contributed by atoms with Gasteiger partial charge < -0.3 is 14.2 Å². The number of carbonyl (C=O) groups is 3. The van der Waals surface area contributed by atoms with Gasteiger partial charge in [-0.05, 0) is 96.3 Å². The van der Waals surface area contributed by atoms with Crippen LogP contribution in [0.5, 0.6) is 0 Å². The molecule has 0 amide bonds. The maximum absolute atomic E-state index is 12.9. The Morgan fingerprint density at radius 3 is 0.808 bits per heavy atom. The molecule has 0 spiro atoms. The molecular formula is C72H126O6. The summed E-state index contributed by atoms with van der Waals surface area (Å²) in [6.07, 6.45) is 87.4. The highest BCUT2D eigenvalue weighted by molar-refractivity contribution is 5.71. The zero-order valence-electron chi connectivity index (χ0n) is 51.7. The first-order valence-electron chi connectivity index (χ1n) is 33.6. The van der Waals surface area contributed by atoms with Crippen LogP contribution in [0.15, 0.2) is 85.1 Å². The average molecular weight is 1090 g/mol. The second kappa shape index (κ2) is 66.1. The van der Waals surface area contributed by atoms with Crippen LogP contribution in [-0.4, -0.2) is 37.2 Å². The molecule has 0 aliphatic rings. The summed E-state index contributed by atoms with van der Waals surface area (Å²) in [7, 11) is 0. The summed E-state index contributed by atoms with van der Waals surface area (Å²) < 4.78 is 16.9. The summed E-state index contributed by atoms with van der Waals surface area (Å²) in [6, 6.07) is 0. The lowest BCUT2D eigenvalue weighted by molar-refractivity contribution is -0.167. The van der Waals surface area contributed by atoms with E-state index in [2.05, 4.69) is 106 Å². The number of allylic oxidation sites excluding steroid dienone is 14. The van der Waals surface area contributed by atoms with Crippen molar-refractivity contribution in [2.45, 2.75) is 341 Å². The number of esters is 3. The van der Waals surface area contributed by atoms with Crippen molar-refractivity contribution in [2.24, 2.45) is 0 Å². The monoisotopic (exact) mass is 1090 g/mol. The summed E-state index contributed by atoms with van der Waals surface area (Å²) in [4.78, 5) is 38.4. The molecule has 0 aliphatic carbocycles. The topological polar surface area (TPSA) is 78.9 Å². The van der Waals surface area contributed by atoms with Crippen LogP contribution in [0.2, 0.25) is 0 Å². The minimum Gasteiger partial charge on any atom is -0.462 e. The zero-order chi connectivity index (χ0) is 56.4. The fourth-order valence-electron chi connectivity index (χ4n) is 9.62. The number of hydrogen-bond donors (Lipinski definition) is 0. The minimum atomic E-state index is -0.781. The van der Waals surface area contributed by atoms with Crippen molar-refractivity contribution >= 4 is 17.9 Å². The highest BCUT2D eigenvalue weighted by Gasteiger charge is 2.19. The van der Waals surface area contributed by atoms with E-state index in [9.17, 15) is 14.4 Å². The lowest BCUT2D eigenvalue weighted by Gasteiger charge is -2.18.